The van der Waals surface area contributed by atoms with Crippen molar-refractivity contribution in [3.05, 3.63) is 53.0 Å². The van der Waals surface area contributed by atoms with E-state index in [9.17, 15) is 4.39 Å². The van der Waals surface area contributed by atoms with Crippen LogP contribution in [0, 0.1) is 5.82 Å². The molecule has 0 aliphatic heterocycles. The average molecular weight is 252 g/mol. The Morgan fingerprint density at radius 1 is 1.14 bits per heavy atom. The van der Waals surface area contributed by atoms with Gasteiger partial charge in [0.25, 0.3) is 0 Å². The van der Waals surface area contributed by atoms with Crippen molar-refractivity contribution in [3.63, 3.8) is 0 Å². The molecule has 2 rings (SSSR count). The maximum Gasteiger partial charge on any atom is 0.132 e. The minimum Gasteiger partial charge on any atom is -0.264 e. The van der Waals surface area contributed by atoms with Gasteiger partial charge in [-0.25, -0.2) is 4.39 Å². The fourth-order valence-electron chi connectivity index (χ4n) is 1.28. The molecule has 0 saturated carbocycles. The summed E-state index contributed by atoms with van der Waals surface area (Å²) < 4.78 is 14.2. The van der Waals surface area contributed by atoms with Crippen LogP contribution >= 0.6 is 15.9 Å². The molecule has 1 nitrogen and oxygen atoms in total. The summed E-state index contributed by atoms with van der Waals surface area (Å²) in [6.07, 6.45) is 3.31. The van der Waals surface area contributed by atoms with Crippen LogP contribution in [-0.2, 0) is 0 Å². The van der Waals surface area contributed by atoms with Crippen LogP contribution in [0.3, 0.4) is 0 Å². The highest BCUT2D eigenvalue weighted by Crippen LogP contribution is 2.29. The van der Waals surface area contributed by atoms with E-state index in [0.717, 1.165) is 10.0 Å². The van der Waals surface area contributed by atoms with Crippen molar-refractivity contribution in [1.82, 2.24) is 4.98 Å². The van der Waals surface area contributed by atoms with Crippen molar-refractivity contribution < 1.29 is 4.39 Å². The second-order valence-electron chi connectivity index (χ2n) is 2.84. The topological polar surface area (TPSA) is 12.9 Å². The molecule has 0 aliphatic rings. The van der Waals surface area contributed by atoms with Gasteiger partial charge in [0, 0.05) is 28.0 Å². The Morgan fingerprint density at radius 2 is 2.00 bits per heavy atom. The summed E-state index contributed by atoms with van der Waals surface area (Å²) in [5.41, 5.74) is 1.33. The Morgan fingerprint density at radius 3 is 2.64 bits per heavy atom. The third kappa shape index (κ3) is 1.68. The quantitative estimate of drug-likeness (QED) is 0.754. The minimum absolute atomic E-state index is 0.243. The molecule has 0 aliphatic carbocycles. The third-order valence-electron chi connectivity index (χ3n) is 1.91. The standard InChI is InChI=1S/C11H7BrFN/c12-9-4-1-5-10(13)11(9)8-3-2-6-14-7-8/h1-7H. The Bertz CT molecular complexity index is 422. The van der Waals surface area contributed by atoms with E-state index in [1.54, 1.807) is 24.5 Å². The van der Waals surface area contributed by atoms with Crippen LogP contribution in [0.15, 0.2) is 47.2 Å². The Kier molecular flexibility index (Phi) is 2.59. The number of aromatic nitrogens is 1. The minimum atomic E-state index is -0.243. The van der Waals surface area contributed by atoms with Crippen LogP contribution in [-0.4, -0.2) is 4.98 Å². The predicted molar refractivity (Wildman–Crippen MR) is 57.3 cm³/mol. The summed E-state index contributed by atoms with van der Waals surface area (Å²) >= 11 is 3.32. The molecule has 3 heteroatoms. The van der Waals surface area contributed by atoms with Crippen molar-refractivity contribution in [2.45, 2.75) is 0 Å². The molecular weight excluding hydrogens is 245 g/mol. The highest BCUT2D eigenvalue weighted by Gasteiger charge is 2.07. The highest BCUT2D eigenvalue weighted by atomic mass is 79.9. The lowest BCUT2D eigenvalue weighted by atomic mass is 10.1. The predicted octanol–water partition coefficient (Wildman–Crippen LogP) is 3.65. The molecule has 0 fully saturated rings. The van der Waals surface area contributed by atoms with Crippen LogP contribution in [0.25, 0.3) is 11.1 Å². The number of halogens is 2. The Balaban J connectivity index is 2.63. The highest BCUT2D eigenvalue weighted by molar-refractivity contribution is 9.10. The maximum atomic E-state index is 13.5. The van der Waals surface area contributed by atoms with Gasteiger partial charge in [0.15, 0.2) is 0 Å². The molecule has 0 bridgehead atoms. The smallest absolute Gasteiger partial charge is 0.132 e. The summed E-state index contributed by atoms with van der Waals surface area (Å²) in [6.45, 7) is 0. The van der Waals surface area contributed by atoms with Crippen molar-refractivity contribution in [2.24, 2.45) is 0 Å². The fourth-order valence-corrected chi connectivity index (χ4v) is 1.86. The van der Waals surface area contributed by atoms with Crippen molar-refractivity contribution in [3.8, 4) is 11.1 Å². The SMILES string of the molecule is Fc1cccc(Br)c1-c1cccnc1. The molecule has 0 N–H and O–H groups in total. The second kappa shape index (κ2) is 3.88. The molecule has 70 valence electrons. The van der Waals surface area contributed by atoms with Gasteiger partial charge in [-0.1, -0.05) is 28.1 Å². The van der Waals surface area contributed by atoms with Crippen LogP contribution in [0.1, 0.15) is 0 Å². The van der Waals surface area contributed by atoms with E-state index in [2.05, 4.69) is 20.9 Å². The summed E-state index contributed by atoms with van der Waals surface area (Å²) in [7, 11) is 0. The maximum absolute atomic E-state index is 13.5. The molecule has 14 heavy (non-hydrogen) atoms. The molecule has 2 aromatic rings. The normalized spacial score (nSPS) is 10.1. The van der Waals surface area contributed by atoms with Crippen LogP contribution in [0.4, 0.5) is 4.39 Å². The first kappa shape index (κ1) is 9.34. The number of nitrogens with zero attached hydrogens (tertiary/aromatic N) is 1. The van der Waals surface area contributed by atoms with Gasteiger partial charge in [-0.3, -0.25) is 4.98 Å². The van der Waals surface area contributed by atoms with Gasteiger partial charge in [-0.05, 0) is 18.2 Å². The third-order valence-corrected chi connectivity index (χ3v) is 2.57. The van der Waals surface area contributed by atoms with Crippen molar-refractivity contribution in [1.29, 1.82) is 0 Å². The molecule has 1 heterocycles. The number of pyridine rings is 1. The number of hydrogen-bond donors (Lipinski definition) is 0. The number of benzene rings is 1. The molecule has 1 aromatic heterocycles. The molecule has 0 atom stereocenters. The molecule has 0 spiro atoms. The van der Waals surface area contributed by atoms with Gasteiger partial charge in [-0.15, -0.1) is 0 Å². The molecular formula is C11H7BrFN. The summed E-state index contributed by atoms with van der Waals surface area (Å²) in [5.74, 6) is -0.243. The van der Waals surface area contributed by atoms with E-state index in [1.165, 1.54) is 6.07 Å². The monoisotopic (exact) mass is 251 g/mol. The Labute approximate surface area is 89.7 Å². The van der Waals surface area contributed by atoms with E-state index in [1.807, 2.05) is 12.1 Å². The lowest BCUT2D eigenvalue weighted by Gasteiger charge is -2.04. The summed E-state index contributed by atoms with van der Waals surface area (Å²) in [5, 5.41) is 0. The molecule has 1 aromatic carbocycles. The lowest BCUT2D eigenvalue weighted by Crippen LogP contribution is -1.86. The largest absolute Gasteiger partial charge is 0.264 e. The first-order chi connectivity index (χ1) is 6.79. The fraction of sp³-hybridized carbons (Fsp3) is 0. The second-order valence-corrected chi connectivity index (χ2v) is 3.69. The zero-order chi connectivity index (χ0) is 9.97. The van der Waals surface area contributed by atoms with Crippen LogP contribution in [0.5, 0.6) is 0 Å². The van der Waals surface area contributed by atoms with E-state index >= 15 is 0 Å². The van der Waals surface area contributed by atoms with Gasteiger partial charge in [0.05, 0.1) is 0 Å². The first-order valence-corrected chi connectivity index (χ1v) is 4.93. The van der Waals surface area contributed by atoms with Gasteiger partial charge < -0.3 is 0 Å². The molecule has 0 radical (unpaired) electrons. The number of rotatable bonds is 1. The molecule has 0 amide bonds. The average Bonchev–Trinajstić information content (AvgIpc) is 2.19. The molecule has 0 unspecified atom stereocenters. The van der Waals surface area contributed by atoms with Crippen LogP contribution in [0.2, 0.25) is 0 Å². The van der Waals surface area contributed by atoms with Gasteiger partial charge >= 0.3 is 0 Å². The molecule has 0 saturated heterocycles. The van der Waals surface area contributed by atoms with E-state index < -0.39 is 0 Å². The zero-order valence-electron chi connectivity index (χ0n) is 7.24. The Hall–Kier alpha value is -1.22. The van der Waals surface area contributed by atoms with Crippen molar-refractivity contribution >= 4 is 15.9 Å². The van der Waals surface area contributed by atoms with Crippen LogP contribution < -0.4 is 0 Å². The van der Waals surface area contributed by atoms with E-state index in [4.69, 9.17) is 0 Å². The number of hydrogen-bond acceptors (Lipinski definition) is 1. The van der Waals surface area contributed by atoms with Gasteiger partial charge in [0.2, 0.25) is 0 Å². The van der Waals surface area contributed by atoms with Gasteiger partial charge in [-0.2, -0.15) is 0 Å². The summed E-state index contributed by atoms with van der Waals surface area (Å²) in [6, 6.07) is 8.53. The summed E-state index contributed by atoms with van der Waals surface area (Å²) in [4.78, 5) is 3.96. The zero-order valence-corrected chi connectivity index (χ0v) is 8.83. The van der Waals surface area contributed by atoms with Gasteiger partial charge in [0.1, 0.15) is 5.82 Å². The van der Waals surface area contributed by atoms with E-state index in [-0.39, 0.29) is 5.82 Å². The van der Waals surface area contributed by atoms with E-state index in [0.29, 0.717) is 5.56 Å². The first-order valence-electron chi connectivity index (χ1n) is 4.13. The lowest BCUT2D eigenvalue weighted by molar-refractivity contribution is 0.630. The van der Waals surface area contributed by atoms with Crippen molar-refractivity contribution in [2.75, 3.05) is 0 Å².